The molecule has 0 aromatic carbocycles. The predicted octanol–water partition coefficient (Wildman–Crippen LogP) is -0.577. The minimum absolute atomic E-state index is 0.0165. The van der Waals surface area contributed by atoms with E-state index < -0.39 is 30.4 Å². The number of thioether (sulfide) groups is 1. The predicted molar refractivity (Wildman–Crippen MR) is 91.6 cm³/mol. The smallest absolute Gasteiger partial charge is 0.305 e. The number of ether oxygens (including phenoxy) is 1. The van der Waals surface area contributed by atoms with Gasteiger partial charge in [-0.2, -0.15) is 11.8 Å². The van der Waals surface area contributed by atoms with E-state index in [1.54, 1.807) is 0 Å². The highest BCUT2D eigenvalue weighted by molar-refractivity contribution is 7.99. The largest absolute Gasteiger partial charge is 0.481 e. The van der Waals surface area contributed by atoms with Crippen LogP contribution in [0.4, 0.5) is 0 Å². The first-order chi connectivity index (χ1) is 11.8. The molecule has 0 spiro atoms. The maximum atomic E-state index is 12.6. The van der Waals surface area contributed by atoms with Crippen molar-refractivity contribution < 1.29 is 24.2 Å². The third kappa shape index (κ3) is 6.29. The number of rotatable bonds is 8. The van der Waals surface area contributed by atoms with Crippen molar-refractivity contribution in [3.8, 4) is 0 Å². The average Bonchev–Trinajstić information content (AvgIpc) is 2.57. The van der Waals surface area contributed by atoms with Crippen LogP contribution in [0.3, 0.4) is 0 Å². The summed E-state index contributed by atoms with van der Waals surface area (Å²) in [7, 11) is 1.42. The molecule has 1 rings (SSSR count). The summed E-state index contributed by atoms with van der Waals surface area (Å²) < 4.78 is 11.5. The van der Waals surface area contributed by atoms with Gasteiger partial charge >= 0.3 is 5.97 Å². The summed E-state index contributed by atoms with van der Waals surface area (Å²) in [6.45, 7) is 4.15. The van der Waals surface area contributed by atoms with Crippen LogP contribution in [0.15, 0.2) is 0 Å². The molecule has 0 saturated carbocycles. The van der Waals surface area contributed by atoms with Gasteiger partial charge in [-0.15, -0.1) is 0 Å². The van der Waals surface area contributed by atoms with Gasteiger partial charge in [0.25, 0.3) is 1.43 Å². The summed E-state index contributed by atoms with van der Waals surface area (Å²) in [6.07, 6.45) is -0.440. The van der Waals surface area contributed by atoms with E-state index in [0.717, 1.165) is 11.5 Å². The van der Waals surface area contributed by atoms with Crippen LogP contribution in [-0.2, 0) is 19.1 Å². The topological polar surface area (TPSA) is 131 Å². The monoisotopic (exact) mass is 362 g/mol. The molecule has 0 radical (unpaired) electrons. The lowest BCUT2D eigenvalue weighted by Gasteiger charge is -2.35. The van der Waals surface area contributed by atoms with Crippen LogP contribution in [0, 0.1) is 11.8 Å². The van der Waals surface area contributed by atoms with Crippen LogP contribution in [0.2, 0.25) is 0 Å². The summed E-state index contributed by atoms with van der Waals surface area (Å²) in [5.41, 5.74) is 5.60. The van der Waals surface area contributed by atoms with Gasteiger partial charge in [0, 0.05) is 13.2 Å². The Morgan fingerprint density at radius 2 is 1.96 bits per heavy atom. The molecule has 138 valence electrons. The fourth-order valence-electron chi connectivity index (χ4n) is 2.66. The Hall–Kier alpha value is -1.32. The number of hydrogen-bond donors (Lipinski definition) is 4. The molecule has 1 aliphatic heterocycles. The number of nitrogens with two attached hydrogens (primary N) is 1. The molecule has 4 atom stereocenters. The fraction of sp³-hybridized carbons (Fsp3) is 0.800. The van der Waals surface area contributed by atoms with Crippen molar-refractivity contribution in [2.24, 2.45) is 17.6 Å². The number of carbonyl (C=O) groups excluding carboxylic acids is 2. The van der Waals surface area contributed by atoms with E-state index >= 15 is 0 Å². The Balaban J connectivity index is 2.66. The third-order valence-electron chi connectivity index (χ3n) is 3.99. The third-order valence-corrected chi connectivity index (χ3v) is 5.51. The van der Waals surface area contributed by atoms with Crippen molar-refractivity contribution in [1.82, 2.24) is 10.6 Å². The summed E-state index contributed by atoms with van der Waals surface area (Å²) in [5.74, 6) is 0.644. The number of methoxy groups -OCH3 is 1. The second-order valence-corrected chi connectivity index (χ2v) is 7.30. The molecule has 1 aliphatic rings. The summed E-state index contributed by atoms with van der Waals surface area (Å²) in [4.78, 5) is 35.6. The highest BCUT2D eigenvalue weighted by Crippen LogP contribution is 2.27. The number of carboxylic acids is 1. The Morgan fingerprint density at radius 1 is 1.33 bits per heavy atom. The van der Waals surface area contributed by atoms with E-state index in [4.69, 9.17) is 11.9 Å². The first-order valence-corrected chi connectivity index (χ1v) is 9.04. The van der Waals surface area contributed by atoms with Crippen LogP contribution in [0.25, 0.3) is 1.43 Å². The average molecular weight is 362 g/mol. The van der Waals surface area contributed by atoms with Crippen molar-refractivity contribution >= 4 is 29.5 Å². The van der Waals surface area contributed by atoms with E-state index in [1.165, 1.54) is 7.11 Å². The lowest BCUT2D eigenvalue weighted by Crippen LogP contribution is -2.57. The molecule has 1 heterocycles. The van der Waals surface area contributed by atoms with Gasteiger partial charge in [0.15, 0.2) is 0 Å². The Kier molecular flexibility index (Phi) is 7.80. The standard InChI is InChI=1S/C15H27N3O5S/c1-8-6-24-7-9(2)13(8)18-15(22)11(5-23-3)17-14(21)10(16)4-12(19)20/h8-11,13H,4-7,16H2,1-3H3,(H,17,21)(H,18,22)(H,19,20)/t8?,9?,10-,11-,13?/m0/s1/i/hD. The normalized spacial score (nSPS) is 26.7. The van der Waals surface area contributed by atoms with Crippen molar-refractivity contribution in [3.63, 3.8) is 0 Å². The molecular formula is C15H27N3O5S. The van der Waals surface area contributed by atoms with Crippen LogP contribution in [0.5, 0.6) is 0 Å². The number of carboxylic acid groups (broad SMARTS) is 1. The molecule has 2 amide bonds. The van der Waals surface area contributed by atoms with Crippen molar-refractivity contribution in [2.75, 3.05) is 25.2 Å². The maximum absolute atomic E-state index is 12.6. The zero-order chi connectivity index (χ0) is 19.0. The molecule has 5 N–H and O–H groups in total. The van der Waals surface area contributed by atoms with Gasteiger partial charge in [0.2, 0.25) is 11.8 Å². The molecular weight excluding hydrogens is 334 g/mol. The summed E-state index contributed by atoms with van der Waals surface area (Å²) in [6, 6.07) is -2.09. The van der Waals surface area contributed by atoms with Gasteiger partial charge < -0.3 is 26.2 Å². The van der Waals surface area contributed by atoms with Gasteiger partial charge in [-0.1, -0.05) is 13.8 Å². The van der Waals surface area contributed by atoms with Crippen LogP contribution in [-0.4, -0.2) is 66.2 Å². The van der Waals surface area contributed by atoms with E-state index in [1.807, 2.05) is 11.8 Å². The zero-order valence-electron chi connectivity index (χ0n) is 15.2. The molecule has 0 aliphatic carbocycles. The number of aliphatic carboxylic acids is 1. The first kappa shape index (κ1) is 19.0. The second kappa shape index (κ2) is 9.85. The fourth-order valence-corrected chi connectivity index (χ4v) is 3.95. The van der Waals surface area contributed by atoms with Crippen LogP contribution < -0.4 is 16.4 Å². The van der Waals surface area contributed by atoms with E-state index in [2.05, 4.69) is 29.6 Å². The molecule has 1 fully saturated rings. The SMILES string of the molecule is [2H]OC(=O)C[C@H](N)C(=O)N[C@@H](COC)C(=O)NC1C(C)CSCC1C. The minimum Gasteiger partial charge on any atom is -0.481 e. The van der Waals surface area contributed by atoms with Crippen molar-refractivity contribution in [2.45, 2.75) is 38.4 Å². The number of carbonyl (C=O) groups is 3. The van der Waals surface area contributed by atoms with Gasteiger partial charge in [-0.25, -0.2) is 0 Å². The highest BCUT2D eigenvalue weighted by atomic mass is 32.2. The maximum Gasteiger partial charge on any atom is 0.305 e. The molecule has 1 saturated heterocycles. The molecule has 24 heavy (non-hydrogen) atoms. The van der Waals surface area contributed by atoms with Crippen LogP contribution in [0.1, 0.15) is 20.3 Å². The second-order valence-electron chi connectivity index (χ2n) is 6.23. The molecule has 0 aromatic rings. The quantitative estimate of drug-likeness (QED) is 0.454. The van der Waals surface area contributed by atoms with Gasteiger partial charge in [0.1, 0.15) is 6.04 Å². The molecule has 2 unspecified atom stereocenters. The van der Waals surface area contributed by atoms with Crippen molar-refractivity contribution in [1.29, 1.82) is 1.43 Å². The number of nitrogens with one attached hydrogen (secondary N) is 2. The summed E-state index contributed by atoms with van der Waals surface area (Å²) >= 11 is 1.86. The van der Waals surface area contributed by atoms with Gasteiger partial charge in [0.05, 0.1) is 19.1 Å². The van der Waals surface area contributed by atoms with Crippen molar-refractivity contribution in [3.05, 3.63) is 0 Å². The van der Waals surface area contributed by atoms with E-state index in [0.29, 0.717) is 11.8 Å². The molecule has 0 bridgehead atoms. The Labute approximate surface area is 147 Å². The number of hydrogen-bond acceptors (Lipinski definition) is 7. The highest BCUT2D eigenvalue weighted by Gasteiger charge is 2.32. The summed E-state index contributed by atoms with van der Waals surface area (Å²) in [5, 5.41) is 9.22. The zero-order valence-corrected chi connectivity index (χ0v) is 15.1. The Morgan fingerprint density at radius 3 is 2.50 bits per heavy atom. The number of amides is 2. The van der Waals surface area contributed by atoms with Gasteiger partial charge in [-0.3, -0.25) is 14.4 Å². The molecule has 0 aromatic heterocycles. The first-order valence-electron chi connectivity index (χ1n) is 8.29. The van der Waals surface area contributed by atoms with Gasteiger partial charge in [-0.05, 0) is 23.3 Å². The molecule has 8 nitrogen and oxygen atoms in total. The van der Waals surface area contributed by atoms with Crippen LogP contribution >= 0.6 is 11.8 Å². The van der Waals surface area contributed by atoms with E-state index in [9.17, 15) is 14.4 Å². The molecule has 9 heteroatoms. The lowest BCUT2D eigenvalue weighted by atomic mass is 9.92. The Bertz CT molecular complexity index is 472. The minimum atomic E-state index is -1.20. The van der Waals surface area contributed by atoms with E-state index in [-0.39, 0.29) is 18.6 Å². The lowest BCUT2D eigenvalue weighted by molar-refractivity contribution is -0.139.